The Kier molecular flexibility index (Phi) is 13.0. The van der Waals surface area contributed by atoms with Crippen LogP contribution in [-0.4, -0.2) is 93.5 Å². The molecule has 0 aliphatic rings. The number of aliphatic carboxylic acids is 2. The van der Waals surface area contributed by atoms with E-state index in [1.54, 1.807) is 6.26 Å². The Morgan fingerprint density at radius 3 is 1.93 bits per heavy atom. The zero-order chi connectivity index (χ0) is 22.6. The zero-order valence-electron chi connectivity index (χ0n) is 15.7. The SMILES string of the molecule is CSCCC(NC(=O)C(CC(=O)O)NC(=O)C(CO)NC(=O)C(N)CS)C(=O)O. The Labute approximate surface area is 176 Å². The van der Waals surface area contributed by atoms with Gasteiger partial charge in [0.25, 0.3) is 0 Å². The van der Waals surface area contributed by atoms with Crippen LogP contribution in [0.25, 0.3) is 0 Å². The fraction of sp³-hybridized carbons (Fsp3) is 0.667. The molecule has 0 aliphatic heterocycles. The molecule has 0 radical (unpaired) electrons. The first-order valence-electron chi connectivity index (χ1n) is 8.39. The number of rotatable bonds is 14. The molecule has 166 valence electrons. The number of carbonyl (C=O) groups is 5. The summed E-state index contributed by atoms with van der Waals surface area (Å²) in [6.07, 6.45) is 0.999. The van der Waals surface area contributed by atoms with E-state index in [4.69, 9.17) is 15.9 Å². The monoisotopic (exact) mass is 454 g/mol. The number of thiol groups is 1. The van der Waals surface area contributed by atoms with Crippen molar-refractivity contribution in [2.45, 2.75) is 37.0 Å². The van der Waals surface area contributed by atoms with Crippen LogP contribution in [0.3, 0.4) is 0 Å². The number of nitrogens with two attached hydrogens (primary N) is 1. The largest absolute Gasteiger partial charge is 0.481 e. The van der Waals surface area contributed by atoms with Crippen molar-refractivity contribution in [2.24, 2.45) is 5.73 Å². The van der Waals surface area contributed by atoms with Gasteiger partial charge in [-0.25, -0.2) is 4.79 Å². The molecule has 0 heterocycles. The Morgan fingerprint density at radius 1 is 0.966 bits per heavy atom. The molecule has 4 unspecified atom stereocenters. The lowest BCUT2D eigenvalue weighted by atomic mass is 10.1. The zero-order valence-corrected chi connectivity index (χ0v) is 17.4. The second kappa shape index (κ2) is 14.0. The van der Waals surface area contributed by atoms with Crippen molar-refractivity contribution in [3.8, 4) is 0 Å². The van der Waals surface area contributed by atoms with Gasteiger partial charge in [-0.05, 0) is 18.4 Å². The van der Waals surface area contributed by atoms with Crippen molar-refractivity contribution in [3.05, 3.63) is 0 Å². The summed E-state index contributed by atoms with van der Waals surface area (Å²) < 4.78 is 0. The van der Waals surface area contributed by atoms with Crippen LogP contribution >= 0.6 is 24.4 Å². The number of thioether (sulfide) groups is 1. The predicted octanol–water partition coefficient (Wildman–Crippen LogP) is -3.00. The number of nitrogens with one attached hydrogen (secondary N) is 3. The highest BCUT2D eigenvalue weighted by atomic mass is 32.2. The van der Waals surface area contributed by atoms with Crippen LogP contribution < -0.4 is 21.7 Å². The third-order valence-electron chi connectivity index (χ3n) is 3.59. The second-order valence-corrected chi connectivity index (χ2v) is 7.22. The van der Waals surface area contributed by atoms with Crippen LogP contribution in [0, 0.1) is 0 Å². The van der Waals surface area contributed by atoms with Gasteiger partial charge in [0.05, 0.1) is 19.1 Å². The molecule has 3 amide bonds. The minimum absolute atomic E-state index is 0.0255. The molecule has 0 rings (SSSR count). The van der Waals surface area contributed by atoms with E-state index >= 15 is 0 Å². The lowest BCUT2D eigenvalue weighted by Crippen LogP contribution is -2.58. The molecule has 0 saturated carbocycles. The van der Waals surface area contributed by atoms with Gasteiger partial charge in [0.15, 0.2) is 0 Å². The first-order valence-corrected chi connectivity index (χ1v) is 10.4. The van der Waals surface area contributed by atoms with E-state index in [2.05, 4.69) is 28.6 Å². The summed E-state index contributed by atoms with van der Waals surface area (Å²) in [6.45, 7) is -0.844. The summed E-state index contributed by atoms with van der Waals surface area (Å²) in [4.78, 5) is 58.6. The smallest absolute Gasteiger partial charge is 0.326 e. The third-order valence-corrected chi connectivity index (χ3v) is 4.62. The maximum atomic E-state index is 12.3. The number of carbonyl (C=O) groups excluding carboxylic acids is 3. The molecule has 0 saturated heterocycles. The molecule has 4 atom stereocenters. The topological polar surface area (TPSA) is 208 Å². The quantitative estimate of drug-likeness (QED) is 0.125. The lowest BCUT2D eigenvalue weighted by Gasteiger charge is -2.23. The number of amides is 3. The maximum absolute atomic E-state index is 12.3. The minimum atomic E-state index is -1.62. The van der Waals surface area contributed by atoms with Gasteiger partial charge in [-0.1, -0.05) is 0 Å². The van der Waals surface area contributed by atoms with Crippen molar-refractivity contribution in [3.63, 3.8) is 0 Å². The van der Waals surface area contributed by atoms with Crippen molar-refractivity contribution in [2.75, 3.05) is 24.4 Å². The van der Waals surface area contributed by atoms with Crippen LogP contribution in [-0.2, 0) is 24.0 Å². The highest BCUT2D eigenvalue weighted by Crippen LogP contribution is 2.03. The summed E-state index contributed by atoms with van der Waals surface area (Å²) in [5.41, 5.74) is 5.46. The fourth-order valence-electron chi connectivity index (χ4n) is 1.98. The first kappa shape index (κ1) is 27.0. The predicted molar refractivity (Wildman–Crippen MR) is 108 cm³/mol. The van der Waals surface area contributed by atoms with Gasteiger partial charge in [-0.15, -0.1) is 0 Å². The summed E-state index contributed by atoms with van der Waals surface area (Å²) in [6, 6.07) is -5.44. The van der Waals surface area contributed by atoms with Gasteiger partial charge in [0.2, 0.25) is 17.7 Å². The van der Waals surface area contributed by atoms with Crippen LogP contribution in [0.1, 0.15) is 12.8 Å². The summed E-state index contributed by atoms with van der Waals surface area (Å²) in [5.74, 6) is -5.18. The van der Waals surface area contributed by atoms with E-state index in [1.165, 1.54) is 11.8 Å². The van der Waals surface area contributed by atoms with Gasteiger partial charge >= 0.3 is 11.9 Å². The molecule has 29 heavy (non-hydrogen) atoms. The molecule has 8 N–H and O–H groups in total. The average molecular weight is 455 g/mol. The Bertz CT molecular complexity index is 607. The number of carboxylic acids is 2. The summed E-state index contributed by atoms with van der Waals surface area (Å²) >= 11 is 5.19. The standard InChI is InChI=1S/C15H26N4O8S2/c1-29-3-2-8(15(26)27)17-13(24)9(4-11(21)22)18-14(25)10(5-20)19-12(23)7(16)6-28/h7-10,20,28H,2-6,16H2,1H3,(H,17,24)(H,18,25)(H,19,23)(H,21,22)(H,26,27). The van der Waals surface area contributed by atoms with Crippen LogP contribution in [0.5, 0.6) is 0 Å². The molecule has 0 spiro atoms. The van der Waals surface area contributed by atoms with Crippen LogP contribution in [0.4, 0.5) is 0 Å². The van der Waals surface area contributed by atoms with E-state index in [1.807, 2.05) is 0 Å². The maximum Gasteiger partial charge on any atom is 0.326 e. The minimum Gasteiger partial charge on any atom is -0.481 e. The van der Waals surface area contributed by atoms with Crippen molar-refractivity contribution in [1.82, 2.24) is 16.0 Å². The number of aliphatic hydroxyl groups is 1. The van der Waals surface area contributed by atoms with Crippen molar-refractivity contribution >= 4 is 54.1 Å². The Morgan fingerprint density at radius 2 is 1.48 bits per heavy atom. The summed E-state index contributed by atoms with van der Waals surface area (Å²) in [5, 5.41) is 33.9. The van der Waals surface area contributed by atoms with Crippen molar-refractivity contribution in [1.29, 1.82) is 0 Å². The van der Waals surface area contributed by atoms with E-state index in [9.17, 15) is 29.1 Å². The second-order valence-electron chi connectivity index (χ2n) is 5.87. The van der Waals surface area contributed by atoms with E-state index in [-0.39, 0.29) is 12.2 Å². The number of carboxylic acid groups (broad SMARTS) is 2. The molecule has 14 heteroatoms. The number of hydrogen-bond acceptors (Lipinski definition) is 9. The molecule has 0 fully saturated rings. The number of hydrogen-bond donors (Lipinski definition) is 8. The van der Waals surface area contributed by atoms with Crippen molar-refractivity contribution < 1.29 is 39.3 Å². The molecular weight excluding hydrogens is 428 g/mol. The van der Waals surface area contributed by atoms with Gasteiger partial charge in [0, 0.05) is 5.75 Å². The van der Waals surface area contributed by atoms with Gasteiger partial charge < -0.3 is 37.0 Å². The third kappa shape index (κ3) is 10.3. The molecule has 12 nitrogen and oxygen atoms in total. The number of aliphatic hydroxyl groups excluding tert-OH is 1. The molecule has 0 bridgehead atoms. The average Bonchev–Trinajstić information content (AvgIpc) is 2.66. The van der Waals surface area contributed by atoms with Crippen LogP contribution in [0.2, 0.25) is 0 Å². The summed E-state index contributed by atoms with van der Waals surface area (Å²) in [7, 11) is 0. The molecule has 0 aromatic heterocycles. The Hall–Kier alpha value is -2.03. The lowest BCUT2D eigenvalue weighted by molar-refractivity contribution is -0.143. The first-order chi connectivity index (χ1) is 13.6. The van der Waals surface area contributed by atoms with Gasteiger partial charge in [-0.3, -0.25) is 19.2 Å². The Balaban J connectivity index is 5.22. The molecular formula is C15H26N4O8S2. The highest BCUT2D eigenvalue weighted by molar-refractivity contribution is 7.98. The van der Waals surface area contributed by atoms with E-state index < -0.39 is 66.9 Å². The van der Waals surface area contributed by atoms with E-state index in [0.29, 0.717) is 5.75 Å². The normalized spacial score (nSPS) is 14.8. The fourth-order valence-corrected chi connectivity index (χ4v) is 2.61. The molecule has 0 aromatic rings. The molecule has 0 aliphatic carbocycles. The van der Waals surface area contributed by atoms with Gasteiger partial charge in [0.1, 0.15) is 18.1 Å². The molecule has 0 aromatic carbocycles. The van der Waals surface area contributed by atoms with E-state index in [0.717, 1.165) is 0 Å². The highest BCUT2D eigenvalue weighted by Gasteiger charge is 2.31. The van der Waals surface area contributed by atoms with Gasteiger partial charge in [-0.2, -0.15) is 24.4 Å². The van der Waals surface area contributed by atoms with Crippen LogP contribution in [0.15, 0.2) is 0 Å².